The van der Waals surface area contributed by atoms with Crippen LogP contribution in [0.5, 0.6) is 0 Å². The standard InChI is InChI=1S/C12H14BrNO2S/c13-11-4-3-10(17-11)8-5-9(8)14(12(15)16)6-7-1-2-7/h3-4,7-9H,1-2,5-6H2,(H,15,16)/t8-,9-/m1/s1. The van der Waals surface area contributed by atoms with E-state index < -0.39 is 6.09 Å². The van der Waals surface area contributed by atoms with Crippen LogP contribution < -0.4 is 0 Å². The average Bonchev–Trinajstić information content (AvgIpc) is 3.17. The number of carbonyl (C=O) groups is 1. The second-order valence-electron chi connectivity index (χ2n) is 4.93. The fourth-order valence-electron chi connectivity index (χ4n) is 2.29. The second-order valence-corrected chi connectivity index (χ2v) is 7.42. The Morgan fingerprint density at radius 2 is 2.29 bits per heavy atom. The van der Waals surface area contributed by atoms with E-state index in [-0.39, 0.29) is 6.04 Å². The summed E-state index contributed by atoms with van der Waals surface area (Å²) >= 11 is 5.18. The molecule has 0 bridgehead atoms. The number of carboxylic acid groups (broad SMARTS) is 1. The van der Waals surface area contributed by atoms with E-state index in [0.717, 1.165) is 16.8 Å². The maximum Gasteiger partial charge on any atom is 0.407 e. The summed E-state index contributed by atoms with van der Waals surface area (Å²) in [5.74, 6) is 1.06. The maximum absolute atomic E-state index is 11.2. The summed E-state index contributed by atoms with van der Waals surface area (Å²) in [4.78, 5) is 14.2. The van der Waals surface area contributed by atoms with Crippen molar-refractivity contribution in [2.75, 3.05) is 6.54 Å². The summed E-state index contributed by atoms with van der Waals surface area (Å²) in [6.07, 6.45) is 2.64. The quantitative estimate of drug-likeness (QED) is 0.919. The molecule has 2 atom stereocenters. The van der Waals surface area contributed by atoms with Crippen molar-refractivity contribution < 1.29 is 9.90 Å². The Morgan fingerprint density at radius 3 is 2.82 bits per heavy atom. The van der Waals surface area contributed by atoms with E-state index >= 15 is 0 Å². The second kappa shape index (κ2) is 4.28. The molecule has 2 aliphatic carbocycles. The number of hydrogen-bond donors (Lipinski definition) is 1. The molecule has 2 saturated carbocycles. The van der Waals surface area contributed by atoms with Gasteiger partial charge in [-0.15, -0.1) is 11.3 Å². The summed E-state index contributed by atoms with van der Waals surface area (Å²) in [6.45, 7) is 0.739. The fraction of sp³-hybridized carbons (Fsp3) is 0.583. The molecule has 3 nitrogen and oxygen atoms in total. The third kappa shape index (κ3) is 2.50. The molecule has 1 heterocycles. The van der Waals surface area contributed by atoms with Crippen molar-refractivity contribution in [2.45, 2.75) is 31.2 Å². The first-order valence-electron chi connectivity index (χ1n) is 5.90. The minimum atomic E-state index is -0.750. The molecule has 1 aromatic heterocycles. The number of thiophene rings is 1. The Hall–Kier alpha value is -0.550. The monoisotopic (exact) mass is 315 g/mol. The lowest BCUT2D eigenvalue weighted by atomic mass is 10.3. The minimum absolute atomic E-state index is 0.221. The number of amides is 1. The number of nitrogens with zero attached hydrogens (tertiary/aromatic N) is 1. The van der Waals surface area contributed by atoms with Crippen LogP contribution in [0.15, 0.2) is 15.9 Å². The van der Waals surface area contributed by atoms with Crippen LogP contribution in [0.4, 0.5) is 4.79 Å². The van der Waals surface area contributed by atoms with Crippen LogP contribution in [-0.4, -0.2) is 28.7 Å². The third-order valence-corrected chi connectivity index (χ3v) is 5.27. The van der Waals surface area contributed by atoms with Crippen LogP contribution in [-0.2, 0) is 0 Å². The molecule has 0 spiro atoms. The highest BCUT2D eigenvalue weighted by molar-refractivity contribution is 9.11. The Balaban J connectivity index is 1.66. The molecule has 0 unspecified atom stereocenters. The van der Waals surface area contributed by atoms with Crippen molar-refractivity contribution in [1.29, 1.82) is 0 Å². The molecule has 0 saturated heterocycles. The highest BCUT2D eigenvalue weighted by Gasteiger charge is 2.46. The molecule has 5 heteroatoms. The lowest BCUT2D eigenvalue weighted by Crippen LogP contribution is -2.34. The van der Waals surface area contributed by atoms with Crippen LogP contribution in [0.25, 0.3) is 0 Å². The zero-order valence-electron chi connectivity index (χ0n) is 9.30. The smallest absolute Gasteiger partial charge is 0.407 e. The zero-order chi connectivity index (χ0) is 12.0. The Morgan fingerprint density at radius 1 is 1.53 bits per heavy atom. The fourth-order valence-corrected chi connectivity index (χ4v) is 3.89. The average molecular weight is 316 g/mol. The lowest BCUT2D eigenvalue weighted by Gasteiger charge is -2.18. The van der Waals surface area contributed by atoms with E-state index in [1.165, 1.54) is 17.7 Å². The minimum Gasteiger partial charge on any atom is -0.465 e. The first-order chi connectivity index (χ1) is 8.15. The van der Waals surface area contributed by atoms with Crippen LogP contribution in [0.2, 0.25) is 0 Å². The Kier molecular flexibility index (Phi) is 2.91. The largest absolute Gasteiger partial charge is 0.465 e. The summed E-state index contributed by atoms with van der Waals surface area (Å²) in [5.41, 5.74) is 0. The molecule has 1 amide bonds. The molecule has 1 N–H and O–H groups in total. The van der Waals surface area contributed by atoms with Gasteiger partial charge in [-0.3, -0.25) is 0 Å². The maximum atomic E-state index is 11.2. The highest BCUT2D eigenvalue weighted by Crippen LogP contribution is 2.48. The van der Waals surface area contributed by atoms with Crippen molar-refractivity contribution >= 4 is 33.4 Å². The van der Waals surface area contributed by atoms with Gasteiger partial charge in [0, 0.05) is 23.4 Å². The van der Waals surface area contributed by atoms with E-state index in [2.05, 4.69) is 22.0 Å². The van der Waals surface area contributed by atoms with Gasteiger partial charge in [0.2, 0.25) is 0 Å². The SMILES string of the molecule is O=C(O)N(CC1CC1)[C@@H]1C[C@H]1c1ccc(Br)s1. The predicted molar refractivity (Wildman–Crippen MR) is 70.6 cm³/mol. The molecule has 0 aliphatic heterocycles. The van der Waals surface area contributed by atoms with Gasteiger partial charge in [-0.2, -0.15) is 0 Å². The molecule has 3 rings (SSSR count). The normalized spacial score (nSPS) is 26.9. The van der Waals surface area contributed by atoms with Gasteiger partial charge in [0.15, 0.2) is 0 Å². The topological polar surface area (TPSA) is 40.5 Å². The molecule has 92 valence electrons. The summed E-state index contributed by atoms with van der Waals surface area (Å²) in [6, 6.07) is 4.37. The molecule has 2 fully saturated rings. The molecule has 17 heavy (non-hydrogen) atoms. The van der Waals surface area contributed by atoms with E-state index in [1.807, 2.05) is 6.07 Å². The van der Waals surface area contributed by atoms with E-state index in [0.29, 0.717) is 11.8 Å². The molecule has 2 aliphatic rings. The summed E-state index contributed by atoms with van der Waals surface area (Å²) in [7, 11) is 0. The Bertz CT molecular complexity index is 443. The lowest BCUT2D eigenvalue weighted by molar-refractivity contribution is 0.139. The van der Waals surface area contributed by atoms with Gasteiger partial charge >= 0.3 is 6.09 Å². The third-order valence-electron chi connectivity index (χ3n) is 3.51. The molecule has 0 aromatic carbocycles. The summed E-state index contributed by atoms with van der Waals surface area (Å²) < 4.78 is 1.13. The van der Waals surface area contributed by atoms with Gasteiger partial charge in [-0.1, -0.05) is 0 Å². The van der Waals surface area contributed by atoms with Crippen LogP contribution in [0.1, 0.15) is 30.1 Å². The van der Waals surface area contributed by atoms with Gasteiger partial charge in [-0.25, -0.2) is 4.79 Å². The van der Waals surface area contributed by atoms with Crippen molar-refractivity contribution in [2.24, 2.45) is 5.92 Å². The first-order valence-corrected chi connectivity index (χ1v) is 7.51. The number of rotatable bonds is 4. The van der Waals surface area contributed by atoms with Gasteiger partial charge in [0.25, 0.3) is 0 Å². The van der Waals surface area contributed by atoms with E-state index in [4.69, 9.17) is 0 Å². The van der Waals surface area contributed by atoms with E-state index in [9.17, 15) is 9.90 Å². The Labute approximate surface area is 113 Å². The van der Waals surface area contributed by atoms with E-state index in [1.54, 1.807) is 16.2 Å². The highest BCUT2D eigenvalue weighted by atomic mass is 79.9. The van der Waals surface area contributed by atoms with Crippen LogP contribution >= 0.6 is 27.3 Å². The van der Waals surface area contributed by atoms with Crippen molar-refractivity contribution in [3.05, 3.63) is 20.8 Å². The number of hydrogen-bond acceptors (Lipinski definition) is 2. The van der Waals surface area contributed by atoms with Gasteiger partial charge in [0.05, 0.1) is 3.79 Å². The van der Waals surface area contributed by atoms with Gasteiger partial charge < -0.3 is 10.0 Å². The van der Waals surface area contributed by atoms with Crippen molar-refractivity contribution in [1.82, 2.24) is 4.90 Å². The van der Waals surface area contributed by atoms with Crippen molar-refractivity contribution in [3.63, 3.8) is 0 Å². The summed E-state index contributed by atoms with van der Waals surface area (Å²) in [5, 5.41) is 9.25. The van der Waals surface area contributed by atoms with Crippen LogP contribution in [0.3, 0.4) is 0 Å². The van der Waals surface area contributed by atoms with Crippen LogP contribution in [0, 0.1) is 5.92 Å². The van der Waals surface area contributed by atoms with Crippen molar-refractivity contribution in [3.8, 4) is 0 Å². The van der Waals surface area contributed by atoms with Gasteiger partial charge in [0.1, 0.15) is 0 Å². The zero-order valence-corrected chi connectivity index (χ0v) is 11.7. The molecule has 0 radical (unpaired) electrons. The predicted octanol–water partition coefficient (Wildman–Crippen LogP) is 3.76. The molecular weight excluding hydrogens is 302 g/mol. The molecule has 1 aromatic rings. The van der Waals surface area contributed by atoms with Gasteiger partial charge in [-0.05, 0) is 53.2 Å². The first kappa shape index (κ1) is 11.5. The number of halogens is 1. The molecular formula is C12H14BrNO2S.